The Morgan fingerprint density at radius 2 is 1.72 bits per heavy atom. The number of alkyl halides is 2. The van der Waals surface area contributed by atoms with Crippen molar-refractivity contribution < 1.29 is 27.8 Å². The maximum Gasteiger partial charge on any atom is 0.344 e. The molecule has 0 saturated carbocycles. The van der Waals surface area contributed by atoms with E-state index in [2.05, 4.69) is 4.74 Å². The number of hydrogen-bond donors (Lipinski definition) is 0. The van der Waals surface area contributed by atoms with Gasteiger partial charge in [0.2, 0.25) is 0 Å². The van der Waals surface area contributed by atoms with Crippen LogP contribution in [0.5, 0.6) is 0 Å². The van der Waals surface area contributed by atoms with Gasteiger partial charge in [0.25, 0.3) is 5.92 Å². The van der Waals surface area contributed by atoms with Crippen LogP contribution in [0.25, 0.3) is 0 Å². The van der Waals surface area contributed by atoms with E-state index in [0.717, 1.165) is 6.92 Å². The first-order chi connectivity index (χ1) is 8.00. The first-order valence-electron chi connectivity index (χ1n) is 5.75. The number of esters is 2. The molecule has 0 fully saturated rings. The summed E-state index contributed by atoms with van der Waals surface area (Å²) in [5.41, 5.74) is -0.708. The van der Waals surface area contributed by atoms with E-state index >= 15 is 0 Å². The molecule has 0 aromatic heterocycles. The molecule has 0 aliphatic carbocycles. The van der Waals surface area contributed by atoms with E-state index in [9.17, 15) is 18.4 Å². The lowest BCUT2D eigenvalue weighted by molar-refractivity contribution is -0.177. The minimum absolute atomic E-state index is 0.546. The van der Waals surface area contributed by atoms with Crippen molar-refractivity contribution in [3.63, 3.8) is 0 Å². The van der Waals surface area contributed by atoms with Crippen LogP contribution in [0.3, 0.4) is 0 Å². The van der Waals surface area contributed by atoms with Gasteiger partial charge in [-0.05, 0) is 27.2 Å². The molecule has 0 aromatic rings. The summed E-state index contributed by atoms with van der Waals surface area (Å²) in [6.45, 7) is 6.22. The molecule has 0 aromatic carbocycles. The molecular formula is C12H20F2O4. The Labute approximate surface area is 106 Å². The first kappa shape index (κ1) is 16.8. The fourth-order valence-corrected chi connectivity index (χ4v) is 0.799. The summed E-state index contributed by atoms with van der Waals surface area (Å²) in [5, 5.41) is 0. The lowest BCUT2D eigenvalue weighted by Gasteiger charge is -2.22. The standard InChI is InChI=1S/C12H20F2O4/c1-6-11(3,4)10(16)17-7-9(15)18-8(2)12(5,13)14/h8H,6-7H2,1-5H3. The van der Waals surface area contributed by atoms with Crippen molar-refractivity contribution >= 4 is 11.9 Å². The molecule has 0 radical (unpaired) electrons. The highest BCUT2D eigenvalue weighted by atomic mass is 19.3. The molecule has 0 aliphatic heterocycles. The Bertz CT molecular complexity index is 308. The summed E-state index contributed by atoms with van der Waals surface area (Å²) in [7, 11) is 0. The number of halogens is 2. The summed E-state index contributed by atoms with van der Waals surface area (Å²) in [4.78, 5) is 22.7. The molecule has 6 heteroatoms. The summed E-state index contributed by atoms with van der Waals surface area (Å²) in [5.74, 6) is -4.66. The zero-order chi connectivity index (χ0) is 14.6. The molecule has 1 atom stereocenters. The van der Waals surface area contributed by atoms with Crippen molar-refractivity contribution in [3.8, 4) is 0 Å². The van der Waals surface area contributed by atoms with Gasteiger partial charge in [-0.25, -0.2) is 13.6 Å². The maximum absolute atomic E-state index is 12.7. The summed E-state index contributed by atoms with van der Waals surface area (Å²) in [6.07, 6.45) is -1.01. The van der Waals surface area contributed by atoms with Gasteiger partial charge in [-0.2, -0.15) is 0 Å². The van der Waals surface area contributed by atoms with Crippen LogP contribution in [0, 0.1) is 5.41 Å². The van der Waals surface area contributed by atoms with Crippen LogP contribution in [-0.2, 0) is 19.1 Å². The Balaban J connectivity index is 4.18. The predicted octanol–water partition coefficient (Wildman–Crippen LogP) is 2.55. The topological polar surface area (TPSA) is 52.6 Å². The Morgan fingerprint density at radius 1 is 1.22 bits per heavy atom. The van der Waals surface area contributed by atoms with Crippen LogP contribution in [0.1, 0.15) is 41.0 Å². The van der Waals surface area contributed by atoms with E-state index < -0.39 is 36.0 Å². The molecule has 0 rings (SSSR count). The Hall–Kier alpha value is -1.20. The Kier molecular flexibility index (Phi) is 5.70. The fourth-order valence-electron chi connectivity index (χ4n) is 0.799. The summed E-state index contributed by atoms with van der Waals surface area (Å²) in [6, 6.07) is 0. The van der Waals surface area contributed by atoms with Crippen molar-refractivity contribution in [2.75, 3.05) is 6.61 Å². The smallest absolute Gasteiger partial charge is 0.344 e. The second-order valence-corrected chi connectivity index (χ2v) is 4.90. The van der Waals surface area contributed by atoms with Gasteiger partial charge in [0.05, 0.1) is 5.41 Å². The number of hydrogen-bond acceptors (Lipinski definition) is 4. The van der Waals surface area contributed by atoms with Gasteiger partial charge in [-0.3, -0.25) is 4.79 Å². The van der Waals surface area contributed by atoms with Gasteiger partial charge in [-0.15, -0.1) is 0 Å². The van der Waals surface area contributed by atoms with Crippen LogP contribution in [0.15, 0.2) is 0 Å². The van der Waals surface area contributed by atoms with Crippen molar-refractivity contribution in [3.05, 3.63) is 0 Å². The van der Waals surface area contributed by atoms with Crippen molar-refractivity contribution in [2.24, 2.45) is 5.41 Å². The minimum atomic E-state index is -3.12. The van der Waals surface area contributed by atoms with E-state index in [1.807, 2.05) is 0 Å². The van der Waals surface area contributed by atoms with Gasteiger partial charge in [0.1, 0.15) is 0 Å². The lowest BCUT2D eigenvalue weighted by Crippen LogP contribution is -2.34. The molecular weight excluding hydrogens is 246 g/mol. The number of ether oxygens (including phenoxy) is 2. The van der Waals surface area contributed by atoms with E-state index in [1.165, 1.54) is 0 Å². The number of carbonyl (C=O) groups is 2. The average molecular weight is 266 g/mol. The normalized spacial score (nSPS) is 13.9. The zero-order valence-electron chi connectivity index (χ0n) is 11.4. The quantitative estimate of drug-likeness (QED) is 0.693. The second-order valence-electron chi connectivity index (χ2n) is 4.90. The molecule has 106 valence electrons. The van der Waals surface area contributed by atoms with Crippen molar-refractivity contribution in [2.45, 2.75) is 53.1 Å². The largest absolute Gasteiger partial charge is 0.454 e. The highest BCUT2D eigenvalue weighted by Crippen LogP contribution is 2.22. The SMILES string of the molecule is CCC(C)(C)C(=O)OCC(=O)OC(C)C(C)(F)F. The van der Waals surface area contributed by atoms with E-state index in [0.29, 0.717) is 13.3 Å². The molecule has 0 amide bonds. The summed E-state index contributed by atoms with van der Waals surface area (Å²) < 4.78 is 34.6. The van der Waals surface area contributed by atoms with Gasteiger partial charge in [-0.1, -0.05) is 6.92 Å². The van der Waals surface area contributed by atoms with Gasteiger partial charge < -0.3 is 9.47 Å². The first-order valence-corrected chi connectivity index (χ1v) is 5.75. The highest BCUT2D eigenvalue weighted by molar-refractivity contribution is 5.79. The third kappa shape index (κ3) is 5.42. The molecule has 0 bridgehead atoms. The number of carbonyl (C=O) groups excluding carboxylic acids is 2. The van der Waals surface area contributed by atoms with Crippen molar-refractivity contribution in [1.29, 1.82) is 0 Å². The average Bonchev–Trinajstić information content (AvgIpc) is 2.24. The van der Waals surface area contributed by atoms with Gasteiger partial charge in [0, 0.05) is 6.92 Å². The fraction of sp³-hybridized carbons (Fsp3) is 0.833. The molecule has 1 unspecified atom stereocenters. The Morgan fingerprint density at radius 3 is 2.11 bits per heavy atom. The van der Waals surface area contributed by atoms with E-state index in [4.69, 9.17) is 4.74 Å². The minimum Gasteiger partial charge on any atom is -0.454 e. The maximum atomic E-state index is 12.7. The van der Waals surface area contributed by atoms with Crippen LogP contribution < -0.4 is 0 Å². The zero-order valence-corrected chi connectivity index (χ0v) is 11.4. The lowest BCUT2D eigenvalue weighted by atomic mass is 9.91. The third-order valence-electron chi connectivity index (χ3n) is 2.78. The van der Waals surface area contributed by atoms with Crippen LogP contribution in [0.4, 0.5) is 8.78 Å². The van der Waals surface area contributed by atoms with Gasteiger partial charge >= 0.3 is 11.9 Å². The molecule has 0 spiro atoms. The van der Waals surface area contributed by atoms with E-state index in [-0.39, 0.29) is 0 Å². The van der Waals surface area contributed by atoms with Crippen LogP contribution in [0.2, 0.25) is 0 Å². The number of rotatable bonds is 6. The van der Waals surface area contributed by atoms with Crippen LogP contribution in [-0.4, -0.2) is 30.6 Å². The molecule has 0 N–H and O–H groups in total. The summed E-state index contributed by atoms with van der Waals surface area (Å²) >= 11 is 0. The third-order valence-corrected chi connectivity index (χ3v) is 2.78. The monoisotopic (exact) mass is 266 g/mol. The molecule has 0 heterocycles. The highest BCUT2D eigenvalue weighted by Gasteiger charge is 2.34. The molecule has 18 heavy (non-hydrogen) atoms. The van der Waals surface area contributed by atoms with E-state index in [1.54, 1.807) is 20.8 Å². The molecule has 0 aliphatic rings. The second kappa shape index (κ2) is 6.11. The molecule has 0 saturated heterocycles. The molecule has 4 nitrogen and oxygen atoms in total. The van der Waals surface area contributed by atoms with Crippen molar-refractivity contribution in [1.82, 2.24) is 0 Å². The van der Waals surface area contributed by atoms with Gasteiger partial charge in [0.15, 0.2) is 12.7 Å². The van der Waals surface area contributed by atoms with Crippen LogP contribution >= 0.6 is 0 Å². The predicted molar refractivity (Wildman–Crippen MR) is 61.2 cm³/mol.